The number of nitrogens with zero attached hydrogens (tertiary/aromatic N) is 4. The molecule has 0 bridgehead atoms. The summed E-state index contributed by atoms with van der Waals surface area (Å²) in [6, 6.07) is 21.0. The van der Waals surface area contributed by atoms with E-state index in [1.54, 1.807) is 37.3 Å². The van der Waals surface area contributed by atoms with E-state index in [-0.39, 0.29) is 24.0 Å². The summed E-state index contributed by atoms with van der Waals surface area (Å²) < 4.78 is 0. The van der Waals surface area contributed by atoms with Crippen LogP contribution in [-0.4, -0.2) is 58.4 Å². The van der Waals surface area contributed by atoms with Gasteiger partial charge in [0.2, 0.25) is 0 Å². The lowest BCUT2D eigenvalue weighted by molar-refractivity contribution is 0.0918. The van der Waals surface area contributed by atoms with Crippen LogP contribution in [-0.2, 0) is 6.54 Å². The number of nitriles is 1. The van der Waals surface area contributed by atoms with Gasteiger partial charge in [-0.25, -0.2) is 9.78 Å². The number of hydrogen-bond acceptors (Lipinski definition) is 5. The van der Waals surface area contributed by atoms with E-state index < -0.39 is 0 Å². The Morgan fingerprint density at radius 3 is 2.44 bits per heavy atom. The second kappa shape index (κ2) is 14.1. The van der Waals surface area contributed by atoms with Gasteiger partial charge in [-0.3, -0.25) is 4.79 Å². The first kappa shape index (κ1) is 30.0. The molecule has 41 heavy (non-hydrogen) atoms. The summed E-state index contributed by atoms with van der Waals surface area (Å²) >= 11 is 6.01. The fraction of sp³-hybridized carbons (Fsp3) is 0.375. The number of halogens is 1. The summed E-state index contributed by atoms with van der Waals surface area (Å²) in [6.07, 6.45) is 2.54. The summed E-state index contributed by atoms with van der Waals surface area (Å²) in [7, 11) is 0. The molecule has 214 valence electrons. The Balaban J connectivity index is 1.32. The molecular weight excluding hydrogens is 536 g/mol. The van der Waals surface area contributed by atoms with Crippen LogP contribution in [0, 0.1) is 25.2 Å². The highest BCUT2D eigenvalue weighted by Crippen LogP contribution is 2.23. The van der Waals surface area contributed by atoms with Gasteiger partial charge in [0.25, 0.3) is 5.91 Å². The molecule has 8 nitrogen and oxygen atoms in total. The van der Waals surface area contributed by atoms with Crippen LogP contribution >= 0.6 is 11.6 Å². The van der Waals surface area contributed by atoms with Crippen molar-refractivity contribution in [3.63, 3.8) is 0 Å². The number of aryl methyl sites for hydroxylation is 2. The summed E-state index contributed by atoms with van der Waals surface area (Å²) in [5.41, 5.74) is 4.33. The summed E-state index contributed by atoms with van der Waals surface area (Å²) in [5, 5.41) is 15.5. The molecule has 0 saturated carbocycles. The van der Waals surface area contributed by atoms with Crippen LogP contribution in [0.2, 0.25) is 5.15 Å². The Bertz CT molecular complexity index is 1360. The zero-order chi connectivity index (χ0) is 29.4. The van der Waals surface area contributed by atoms with Gasteiger partial charge >= 0.3 is 6.03 Å². The predicted molar refractivity (Wildman–Crippen MR) is 162 cm³/mol. The highest BCUT2D eigenvalue weighted by Gasteiger charge is 2.30. The zero-order valence-corrected chi connectivity index (χ0v) is 24.6. The first-order valence-electron chi connectivity index (χ1n) is 14.0. The van der Waals surface area contributed by atoms with Crippen LogP contribution in [0.25, 0.3) is 0 Å². The SMILES string of the molecule is Cc1cc(Cl)nc(C)c1C(=O)NCCC(C)N1CCC(N(Cc2ccccc2)C(=O)Nc2ccc(C#N)cc2)CC1. The molecule has 2 heterocycles. The van der Waals surface area contributed by atoms with E-state index in [4.69, 9.17) is 16.9 Å². The molecule has 3 amide bonds. The monoisotopic (exact) mass is 572 g/mol. The molecule has 2 N–H and O–H groups in total. The summed E-state index contributed by atoms with van der Waals surface area (Å²) in [6.45, 7) is 8.68. The number of anilines is 1. The number of carbonyl (C=O) groups excluding carboxylic acids is 2. The minimum atomic E-state index is -0.143. The van der Waals surface area contributed by atoms with Gasteiger partial charge in [-0.15, -0.1) is 0 Å². The van der Waals surface area contributed by atoms with E-state index >= 15 is 0 Å². The third-order valence-corrected chi connectivity index (χ3v) is 7.92. The number of benzene rings is 2. The van der Waals surface area contributed by atoms with Crippen molar-refractivity contribution in [2.45, 2.75) is 58.7 Å². The Kier molecular flexibility index (Phi) is 10.3. The van der Waals surface area contributed by atoms with Crippen LogP contribution in [0.15, 0.2) is 60.7 Å². The molecule has 1 atom stereocenters. The maximum absolute atomic E-state index is 13.5. The minimum absolute atomic E-state index is 0.0973. The highest BCUT2D eigenvalue weighted by molar-refractivity contribution is 6.29. The third-order valence-electron chi connectivity index (χ3n) is 7.73. The molecule has 2 aromatic carbocycles. The van der Waals surface area contributed by atoms with Crippen LogP contribution < -0.4 is 10.6 Å². The molecule has 1 fully saturated rings. The van der Waals surface area contributed by atoms with Crippen molar-refractivity contribution in [1.29, 1.82) is 5.26 Å². The Hall–Kier alpha value is -3.93. The lowest BCUT2D eigenvalue weighted by Crippen LogP contribution is -2.50. The molecule has 0 aliphatic carbocycles. The maximum Gasteiger partial charge on any atom is 0.322 e. The number of urea groups is 1. The standard InChI is InChI=1S/C32H37ClN6O2/c1-22-19-29(33)36-24(3)30(22)31(40)35-16-13-23(2)38-17-14-28(15-18-38)39(21-26-7-5-4-6-8-26)32(41)37-27-11-9-25(20-34)10-12-27/h4-12,19,23,28H,13-18,21H2,1-3H3,(H,35,40)(H,37,41). The van der Waals surface area contributed by atoms with Crippen LogP contribution in [0.3, 0.4) is 0 Å². The van der Waals surface area contributed by atoms with E-state index in [0.717, 1.165) is 43.5 Å². The number of rotatable bonds is 9. The molecule has 1 saturated heterocycles. The van der Waals surface area contributed by atoms with Crippen molar-refractivity contribution >= 4 is 29.2 Å². The number of likely N-dealkylation sites (tertiary alicyclic amines) is 1. The average molecular weight is 573 g/mol. The number of amides is 3. The van der Waals surface area contributed by atoms with Crippen LogP contribution in [0.5, 0.6) is 0 Å². The molecule has 0 spiro atoms. The first-order valence-corrected chi connectivity index (χ1v) is 14.4. The lowest BCUT2D eigenvalue weighted by atomic mass is 10.00. The van der Waals surface area contributed by atoms with E-state index in [1.807, 2.05) is 42.2 Å². The zero-order valence-electron chi connectivity index (χ0n) is 23.9. The van der Waals surface area contributed by atoms with Gasteiger partial charge in [0.15, 0.2) is 0 Å². The Morgan fingerprint density at radius 1 is 1.12 bits per heavy atom. The van der Waals surface area contributed by atoms with E-state index in [1.165, 1.54) is 0 Å². The second-order valence-electron chi connectivity index (χ2n) is 10.6. The largest absolute Gasteiger partial charge is 0.352 e. The molecule has 3 aromatic rings. The second-order valence-corrected chi connectivity index (χ2v) is 11.0. The van der Waals surface area contributed by atoms with E-state index in [0.29, 0.717) is 40.8 Å². The maximum atomic E-state index is 13.5. The minimum Gasteiger partial charge on any atom is -0.352 e. The number of piperidine rings is 1. The first-order chi connectivity index (χ1) is 19.7. The van der Waals surface area contributed by atoms with Crippen LogP contribution in [0.4, 0.5) is 10.5 Å². The van der Waals surface area contributed by atoms with Gasteiger partial charge in [-0.05, 0) is 81.5 Å². The van der Waals surface area contributed by atoms with Gasteiger partial charge in [-0.1, -0.05) is 41.9 Å². The third kappa shape index (κ3) is 8.06. The number of nitrogens with one attached hydrogen (secondary N) is 2. The highest BCUT2D eigenvalue weighted by atomic mass is 35.5. The van der Waals surface area contributed by atoms with Gasteiger partial charge in [0.05, 0.1) is 22.9 Å². The molecule has 1 aromatic heterocycles. The van der Waals surface area contributed by atoms with Crippen LogP contribution in [0.1, 0.15) is 58.9 Å². The van der Waals surface area contributed by atoms with E-state index in [2.05, 4.69) is 33.5 Å². The Morgan fingerprint density at radius 2 is 1.80 bits per heavy atom. The number of pyridine rings is 1. The molecule has 1 unspecified atom stereocenters. The van der Waals surface area contributed by atoms with Gasteiger partial charge in [0, 0.05) is 44.0 Å². The summed E-state index contributed by atoms with van der Waals surface area (Å²) in [4.78, 5) is 34.8. The van der Waals surface area contributed by atoms with Crippen molar-refractivity contribution in [3.05, 3.63) is 93.8 Å². The fourth-order valence-corrected chi connectivity index (χ4v) is 5.69. The molecule has 4 rings (SSSR count). The molecule has 1 aliphatic heterocycles. The molecule has 1 aliphatic rings. The molecular formula is C32H37ClN6O2. The fourth-order valence-electron chi connectivity index (χ4n) is 5.40. The van der Waals surface area contributed by atoms with Crippen molar-refractivity contribution in [2.75, 3.05) is 25.0 Å². The number of hydrogen-bond donors (Lipinski definition) is 2. The number of aromatic nitrogens is 1. The van der Waals surface area contributed by atoms with Gasteiger partial charge < -0.3 is 20.4 Å². The summed E-state index contributed by atoms with van der Waals surface area (Å²) in [5.74, 6) is -0.125. The number of carbonyl (C=O) groups is 2. The topological polar surface area (TPSA) is 101 Å². The van der Waals surface area contributed by atoms with Crippen molar-refractivity contribution in [1.82, 2.24) is 20.1 Å². The predicted octanol–water partition coefficient (Wildman–Crippen LogP) is 5.93. The quantitative estimate of drug-likeness (QED) is 0.309. The van der Waals surface area contributed by atoms with Gasteiger partial charge in [-0.2, -0.15) is 5.26 Å². The molecule has 0 radical (unpaired) electrons. The van der Waals surface area contributed by atoms with E-state index in [9.17, 15) is 9.59 Å². The lowest BCUT2D eigenvalue weighted by Gasteiger charge is -2.40. The normalized spacial score (nSPS) is 14.6. The van der Waals surface area contributed by atoms with Crippen molar-refractivity contribution in [3.8, 4) is 6.07 Å². The van der Waals surface area contributed by atoms with Crippen molar-refractivity contribution in [2.24, 2.45) is 0 Å². The van der Waals surface area contributed by atoms with Gasteiger partial charge in [0.1, 0.15) is 5.15 Å². The smallest absolute Gasteiger partial charge is 0.322 e. The van der Waals surface area contributed by atoms with Crippen molar-refractivity contribution < 1.29 is 9.59 Å². The molecule has 9 heteroatoms. The Labute approximate surface area is 247 Å². The average Bonchev–Trinajstić information content (AvgIpc) is 2.96.